The number of carboxylic acids is 1. The van der Waals surface area contributed by atoms with Crippen LogP contribution in [0.2, 0.25) is 5.02 Å². The Labute approximate surface area is 293 Å². The molecule has 7 rings (SSSR count). The first-order chi connectivity index (χ1) is 23.2. The molecule has 248 valence electrons. The summed E-state index contributed by atoms with van der Waals surface area (Å²) in [6.07, 6.45) is 7.97. The van der Waals surface area contributed by atoms with Crippen LogP contribution in [0.15, 0.2) is 63.9 Å². The number of likely N-dealkylation sites (N-methyl/N-ethyl adjacent to an activating group) is 1. The van der Waals surface area contributed by atoms with E-state index < -0.39 is 5.97 Å². The van der Waals surface area contributed by atoms with Crippen LogP contribution in [0.25, 0.3) is 22.4 Å². The molecule has 1 unspecified atom stereocenters. The summed E-state index contributed by atoms with van der Waals surface area (Å²) in [5.41, 5.74) is 5.70. The average molecular weight is 704 g/mol. The summed E-state index contributed by atoms with van der Waals surface area (Å²) in [5.74, 6) is 0.115. The lowest BCUT2D eigenvalue weighted by molar-refractivity contribution is -0.134. The Bertz CT molecular complexity index is 2040. The normalized spacial score (nSPS) is 20.9. The molecule has 1 saturated heterocycles. The molecule has 6 bridgehead atoms. The van der Waals surface area contributed by atoms with E-state index in [1.807, 2.05) is 50.2 Å². The third-order valence-electron chi connectivity index (χ3n) is 9.35. The van der Waals surface area contributed by atoms with Gasteiger partial charge in [-0.3, -0.25) is 5.01 Å². The third kappa shape index (κ3) is 6.04. The van der Waals surface area contributed by atoms with Crippen molar-refractivity contribution in [2.75, 3.05) is 20.2 Å². The first-order valence-corrected chi connectivity index (χ1v) is 18.4. The fourth-order valence-corrected chi connectivity index (χ4v) is 9.74. The number of quaternary nitrogens is 1. The van der Waals surface area contributed by atoms with Gasteiger partial charge in [0, 0.05) is 50.5 Å². The van der Waals surface area contributed by atoms with Gasteiger partial charge in [0.2, 0.25) is 5.70 Å². The molecule has 0 spiro atoms. The molecule has 11 heteroatoms. The average Bonchev–Trinajstić information content (AvgIpc) is 3.52. The molecular weight excluding hydrogens is 667 g/mol. The molecular formula is C37H37ClFN4O3S2+. The largest absolute Gasteiger partial charge is 0.493 e. The predicted molar refractivity (Wildman–Crippen MR) is 195 cm³/mol. The van der Waals surface area contributed by atoms with Crippen molar-refractivity contribution in [2.24, 2.45) is 5.10 Å². The number of thioether (sulfide) groups is 1. The maximum absolute atomic E-state index is 14.3. The quantitative estimate of drug-likeness (QED) is 0.169. The second-order valence-electron chi connectivity index (χ2n) is 12.6. The first kappa shape index (κ1) is 32.8. The fraction of sp³-hybridized carbons (Fsp3) is 0.324. The molecule has 3 aromatic carbocycles. The first-order valence-electron chi connectivity index (χ1n) is 16.2. The van der Waals surface area contributed by atoms with E-state index in [2.05, 4.69) is 11.2 Å². The van der Waals surface area contributed by atoms with Gasteiger partial charge in [0.25, 0.3) is 0 Å². The van der Waals surface area contributed by atoms with Gasteiger partial charge < -0.3 is 9.84 Å². The number of rotatable bonds is 3. The van der Waals surface area contributed by atoms with Gasteiger partial charge in [-0.05, 0) is 99.9 Å². The van der Waals surface area contributed by atoms with Crippen LogP contribution in [-0.4, -0.2) is 47.5 Å². The summed E-state index contributed by atoms with van der Waals surface area (Å²) >= 11 is 10.3. The minimum atomic E-state index is -0.958. The van der Waals surface area contributed by atoms with E-state index >= 15 is 0 Å². The van der Waals surface area contributed by atoms with Crippen molar-refractivity contribution in [2.45, 2.75) is 63.1 Å². The van der Waals surface area contributed by atoms with E-state index in [1.54, 1.807) is 35.4 Å². The molecule has 0 radical (unpaired) electrons. The Balaban J connectivity index is 1.38. The minimum Gasteiger partial charge on any atom is -0.493 e. The van der Waals surface area contributed by atoms with E-state index in [0.717, 1.165) is 85.1 Å². The van der Waals surface area contributed by atoms with Crippen molar-refractivity contribution in [1.29, 1.82) is 0 Å². The number of hydrogen-bond acceptors (Lipinski definition) is 7. The lowest BCUT2D eigenvalue weighted by Crippen LogP contribution is -2.45. The maximum Gasteiger partial charge on any atom is 0.391 e. The van der Waals surface area contributed by atoms with Gasteiger partial charge in [-0.1, -0.05) is 11.6 Å². The number of allylic oxidation sites excluding steroid dienone is 2. The molecule has 4 heterocycles. The van der Waals surface area contributed by atoms with Crippen molar-refractivity contribution in [3.63, 3.8) is 0 Å². The molecule has 7 nitrogen and oxygen atoms in total. The number of benzene rings is 3. The van der Waals surface area contributed by atoms with Crippen LogP contribution in [-0.2, 0) is 17.1 Å². The Kier molecular flexibility index (Phi) is 9.10. The maximum atomic E-state index is 14.3. The highest BCUT2D eigenvalue weighted by Gasteiger charge is 2.49. The molecule has 0 amide bonds. The number of halogens is 2. The number of aliphatic carboxylic acids is 1. The molecule has 0 aliphatic carbocycles. The highest BCUT2D eigenvalue weighted by atomic mass is 35.5. The number of hydrazone groups is 1. The van der Waals surface area contributed by atoms with Crippen LogP contribution >= 0.6 is 34.7 Å². The standard InChI is InChI=1S/C37H36ClFN4O3S2/c1-4-40-42-14-6-5-8-25(42)18-30-31(38)13-12-29-28-9-7-15-46-32-19-26(17-23-16-24(39)10-11-27(23)32)47-21-33-22(2)41-34(48-33)20-43(3,35(29)30)36(28)37(44)45/h4,10-13,16-19H,5-9,14-15,20-21H2,1-3H3/p+1/b25-18+,40-4+. The molecule has 1 atom stereocenters. The Morgan fingerprint density at radius 2 is 2.02 bits per heavy atom. The van der Waals surface area contributed by atoms with Crippen molar-refractivity contribution >= 4 is 75.0 Å². The Morgan fingerprint density at radius 3 is 2.83 bits per heavy atom. The van der Waals surface area contributed by atoms with Crippen LogP contribution in [0.3, 0.4) is 0 Å². The second-order valence-corrected chi connectivity index (χ2v) is 15.2. The smallest absolute Gasteiger partial charge is 0.391 e. The summed E-state index contributed by atoms with van der Waals surface area (Å²) in [4.78, 5) is 20.4. The van der Waals surface area contributed by atoms with E-state index in [4.69, 9.17) is 21.3 Å². The second kappa shape index (κ2) is 13.3. The van der Waals surface area contributed by atoms with Gasteiger partial charge in [0.05, 0.1) is 29.9 Å². The summed E-state index contributed by atoms with van der Waals surface area (Å²) in [5, 5.41) is 20.6. The van der Waals surface area contributed by atoms with Crippen LogP contribution in [0.4, 0.5) is 10.1 Å². The predicted octanol–water partition coefficient (Wildman–Crippen LogP) is 9.64. The van der Waals surface area contributed by atoms with Crippen LogP contribution in [0, 0.1) is 12.7 Å². The highest BCUT2D eigenvalue weighted by Crippen LogP contribution is 2.52. The van der Waals surface area contributed by atoms with Gasteiger partial charge in [-0.15, -0.1) is 23.1 Å². The van der Waals surface area contributed by atoms with E-state index in [9.17, 15) is 14.3 Å². The highest BCUT2D eigenvalue weighted by molar-refractivity contribution is 7.98. The van der Waals surface area contributed by atoms with E-state index in [1.165, 1.54) is 12.1 Å². The van der Waals surface area contributed by atoms with Gasteiger partial charge in [0.15, 0.2) is 5.69 Å². The summed E-state index contributed by atoms with van der Waals surface area (Å²) < 4.78 is 20.7. The number of ether oxygens (including phenoxy) is 1. The Hall–Kier alpha value is -3.70. The van der Waals surface area contributed by atoms with Crippen molar-refractivity contribution in [3.8, 4) is 5.75 Å². The summed E-state index contributed by atoms with van der Waals surface area (Å²) in [6, 6.07) is 12.6. The van der Waals surface area contributed by atoms with E-state index in [0.29, 0.717) is 48.2 Å². The number of nitrogens with zero attached hydrogens (tertiary/aromatic N) is 4. The molecule has 4 aromatic rings. The van der Waals surface area contributed by atoms with Crippen molar-refractivity contribution in [1.82, 2.24) is 14.5 Å². The van der Waals surface area contributed by atoms with Gasteiger partial charge in [-0.2, -0.15) is 5.10 Å². The molecule has 3 aliphatic rings. The number of hydrogen-bond donors (Lipinski definition) is 1. The molecule has 3 aliphatic heterocycles. The lowest BCUT2D eigenvalue weighted by atomic mass is 9.97. The summed E-state index contributed by atoms with van der Waals surface area (Å²) in [7, 11) is 1.98. The molecule has 1 aromatic heterocycles. The third-order valence-corrected chi connectivity index (χ3v) is 12.0. The van der Waals surface area contributed by atoms with Crippen molar-refractivity contribution in [3.05, 3.63) is 91.4 Å². The van der Waals surface area contributed by atoms with Crippen LogP contribution < -0.4 is 9.22 Å². The van der Waals surface area contributed by atoms with Crippen molar-refractivity contribution < 1.29 is 19.0 Å². The minimum absolute atomic E-state index is 0.0480. The Morgan fingerprint density at radius 1 is 1.17 bits per heavy atom. The number of thiazole rings is 1. The number of fused-ring (bicyclic) bond motifs is 10. The lowest BCUT2D eigenvalue weighted by Gasteiger charge is -2.32. The van der Waals surface area contributed by atoms with E-state index in [-0.39, 0.29) is 10.3 Å². The zero-order chi connectivity index (χ0) is 33.6. The van der Waals surface area contributed by atoms with Gasteiger partial charge in [0.1, 0.15) is 23.1 Å². The fourth-order valence-electron chi connectivity index (χ4n) is 7.23. The molecule has 0 saturated carbocycles. The monoisotopic (exact) mass is 703 g/mol. The topological polar surface area (TPSA) is 75.0 Å². The SMILES string of the molecule is C/C=N/N1CCCC/C1=C\c1c(Cl)ccc2c1[N+]1(C)Cc3nc(C)c(s3)CSc3cc(c4ccc(F)cc4c3)OCCCC2=C1C(=O)O. The number of carboxylic acid groups (broad SMARTS) is 1. The number of aryl methyl sites for hydroxylation is 1. The zero-order valence-electron chi connectivity index (χ0n) is 27.2. The van der Waals surface area contributed by atoms with Gasteiger partial charge in [-0.25, -0.2) is 18.7 Å². The molecule has 1 N–H and O–H groups in total. The van der Waals surface area contributed by atoms with Crippen LogP contribution in [0.1, 0.15) is 65.7 Å². The number of piperidine rings is 1. The zero-order valence-corrected chi connectivity index (χ0v) is 29.6. The summed E-state index contributed by atoms with van der Waals surface area (Å²) in [6.45, 7) is 5.49. The van der Waals surface area contributed by atoms with Crippen LogP contribution in [0.5, 0.6) is 5.75 Å². The molecule has 48 heavy (non-hydrogen) atoms. The number of carbonyl (C=O) groups is 1. The number of aromatic nitrogens is 1. The van der Waals surface area contributed by atoms with Gasteiger partial charge >= 0.3 is 5.97 Å². The molecule has 1 fully saturated rings.